The van der Waals surface area contributed by atoms with Crippen molar-refractivity contribution in [1.82, 2.24) is 14.8 Å². The van der Waals surface area contributed by atoms with Crippen LogP contribution in [0.3, 0.4) is 0 Å². The summed E-state index contributed by atoms with van der Waals surface area (Å²) in [6.45, 7) is 2.70. The number of aromatic nitrogens is 3. The lowest BCUT2D eigenvalue weighted by Gasteiger charge is -2.09. The second-order valence-corrected chi connectivity index (χ2v) is 7.50. The van der Waals surface area contributed by atoms with Crippen LogP contribution in [0.25, 0.3) is 11.4 Å². The Balaban J connectivity index is 1.67. The summed E-state index contributed by atoms with van der Waals surface area (Å²) in [5, 5.41) is 12.8. The zero-order valence-electron chi connectivity index (χ0n) is 15.3. The Hall–Kier alpha value is -2.22. The average Bonchev–Trinajstić information content (AvgIpc) is 3.12. The van der Waals surface area contributed by atoms with Crippen molar-refractivity contribution < 1.29 is 9.53 Å². The van der Waals surface area contributed by atoms with Crippen LogP contribution in [0.1, 0.15) is 6.92 Å². The number of thioether (sulfide) groups is 1. The Morgan fingerprint density at radius 2 is 1.89 bits per heavy atom. The highest BCUT2D eigenvalue weighted by molar-refractivity contribution is 7.99. The summed E-state index contributed by atoms with van der Waals surface area (Å²) in [6, 6.07) is 12.6. The minimum absolute atomic E-state index is 0.167. The van der Waals surface area contributed by atoms with Crippen molar-refractivity contribution in [3.05, 3.63) is 52.5 Å². The summed E-state index contributed by atoms with van der Waals surface area (Å²) >= 11 is 13.2. The molecule has 0 saturated heterocycles. The second-order valence-electron chi connectivity index (χ2n) is 5.74. The van der Waals surface area contributed by atoms with Crippen molar-refractivity contribution in [2.75, 3.05) is 18.2 Å². The van der Waals surface area contributed by atoms with Crippen LogP contribution in [0.4, 0.5) is 5.69 Å². The number of hydrogen-bond donors (Lipinski definition) is 1. The van der Waals surface area contributed by atoms with Gasteiger partial charge in [0.05, 0.1) is 22.9 Å². The van der Waals surface area contributed by atoms with Crippen LogP contribution in [0.15, 0.2) is 47.6 Å². The zero-order valence-corrected chi connectivity index (χ0v) is 17.6. The van der Waals surface area contributed by atoms with Gasteiger partial charge in [-0.15, -0.1) is 10.2 Å². The van der Waals surface area contributed by atoms with Crippen molar-refractivity contribution in [3.63, 3.8) is 0 Å². The van der Waals surface area contributed by atoms with Gasteiger partial charge in [0, 0.05) is 17.8 Å². The molecule has 1 N–H and O–H groups in total. The second kappa shape index (κ2) is 9.32. The molecule has 1 aromatic heterocycles. The molecule has 1 heterocycles. The predicted octanol–water partition coefficient (Wildman–Crippen LogP) is 5.01. The molecule has 0 aliphatic heterocycles. The van der Waals surface area contributed by atoms with Crippen molar-refractivity contribution in [3.8, 4) is 17.1 Å². The van der Waals surface area contributed by atoms with E-state index in [1.807, 2.05) is 35.8 Å². The number of amides is 1. The highest BCUT2D eigenvalue weighted by Crippen LogP contribution is 2.27. The molecule has 146 valence electrons. The third-order valence-corrected chi connectivity index (χ3v) is 5.62. The smallest absolute Gasteiger partial charge is 0.234 e. The molecule has 28 heavy (non-hydrogen) atoms. The molecule has 3 rings (SSSR count). The van der Waals surface area contributed by atoms with Crippen molar-refractivity contribution in [1.29, 1.82) is 0 Å². The Labute approximate surface area is 177 Å². The molecular formula is C19H18Cl2N4O2S. The van der Waals surface area contributed by atoms with E-state index >= 15 is 0 Å². The Bertz CT molecular complexity index is 977. The fraction of sp³-hybridized carbons (Fsp3) is 0.211. The van der Waals surface area contributed by atoms with E-state index in [0.717, 1.165) is 17.1 Å². The summed E-state index contributed by atoms with van der Waals surface area (Å²) in [6.07, 6.45) is 0. The van der Waals surface area contributed by atoms with Gasteiger partial charge in [0.15, 0.2) is 11.0 Å². The monoisotopic (exact) mass is 436 g/mol. The summed E-state index contributed by atoms with van der Waals surface area (Å²) < 4.78 is 7.16. The number of nitrogens with one attached hydrogen (secondary N) is 1. The highest BCUT2D eigenvalue weighted by atomic mass is 35.5. The van der Waals surface area contributed by atoms with E-state index in [0.29, 0.717) is 27.4 Å². The Morgan fingerprint density at radius 3 is 2.54 bits per heavy atom. The first-order valence-electron chi connectivity index (χ1n) is 8.47. The van der Waals surface area contributed by atoms with Crippen LogP contribution in [0.2, 0.25) is 10.0 Å². The zero-order chi connectivity index (χ0) is 20.1. The number of carbonyl (C=O) groups is 1. The summed E-state index contributed by atoms with van der Waals surface area (Å²) in [5.41, 5.74) is 1.53. The maximum atomic E-state index is 12.2. The number of rotatable bonds is 7. The van der Waals surface area contributed by atoms with E-state index in [9.17, 15) is 4.79 Å². The Kier molecular flexibility index (Phi) is 6.83. The lowest BCUT2D eigenvalue weighted by molar-refractivity contribution is -0.113. The molecule has 0 aliphatic rings. The molecule has 0 spiro atoms. The normalized spacial score (nSPS) is 10.7. The molecule has 0 aliphatic carbocycles. The van der Waals surface area contributed by atoms with Gasteiger partial charge < -0.3 is 14.6 Å². The van der Waals surface area contributed by atoms with Gasteiger partial charge in [-0.05, 0) is 49.4 Å². The summed E-state index contributed by atoms with van der Waals surface area (Å²) in [5.74, 6) is 1.55. The fourth-order valence-corrected chi connectivity index (χ4v) is 3.64. The SMILES string of the molecule is CCn1c(SCC(=O)Nc2ccc(Cl)c(Cl)c2)nnc1-c1ccc(OC)cc1. The van der Waals surface area contributed by atoms with Crippen LogP contribution in [-0.2, 0) is 11.3 Å². The molecule has 1 amide bonds. The highest BCUT2D eigenvalue weighted by Gasteiger charge is 2.15. The molecular weight excluding hydrogens is 419 g/mol. The number of hydrogen-bond acceptors (Lipinski definition) is 5. The molecule has 3 aromatic rings. The first-order valence-corrected chi connectivity index (χ1v) is 10.2. The maximum absolute atomic E-state index is 12.2. The van der Waals surface area contributed by atoms with Crippen LogP contribution < -0.4 is 10.1 Å². The van der Waals surface area contributed by atoms with Crippen LogP contribution >= 0.6 is 35.0 Å². The molecule has 0 bridgehead atoms. The number of nitrogens with zero attached hydrogens (tertiary/aromatic N) is 3. The molecule has 9 heteroatoms. The quantitative estimate of drug-likeness (QED) is 0.527. The predicted molar refractivity (Wildman–Crippen MR) is 113 cm³/mol. The van der Waals surface area contributed by atoms with Crippen LogP contribution in [-0.4, -0.2) is 33.5 Å². The van der Waals surface area contributed by atoms with E-state index in [1.165, 1.54) is 11.8 Å². The maximum Gasteiger partial charge on any atom is 0.234 e. The number of benzene rings is 2. The van der Waals surface area contributed by atoms with E-state index in [2.05, 4.69) is 15.5 Å². The average molecular weight is 437 g/mol. The topological polar surface area (TPSA) is 69.0 Å². The number of halogens is 2. The van der Waals surface area contributed by atoms with Crippen molar-refractivity contribution in [2.24, 2.45) is 0 Å². The molecule has 0 fully saturated rings. The van der Waals surface area contributed by atoms with Crippen LogP contribution in [0, 0.1) is 0 Å². The first kappa shape index (κ1) is 20.5. The van der Waals surface area contributed by atoms with Gasteiger partial charge in [-0.25, -0.2) is 0 Å². The number of anilines is 1. The Morgan fingerprint density at radius 1 is 1.14 bits per heavy atom. The summed E-state index contributed by atoms with van der Waals surface area (Å²) in [7, 11) is 1.63. The lowest BCUT2D eigenvalue weighted by atomic mass is 10.2. The van der Waals surface area contributed by atoms with Crippen molar-refractivity contribution in [2.45, 2.75) is 18.6 Å². The molecule has 2 aromatic carbocycles. The minimum atomic E-state index is -0.167. The van der Waals surface area contributed by atoms with Gasteiger partial charge in [0.1, 0.15) is 5.75 Å². The van der Waals surface area contributed by atoms with E-state index in [-0.39, 0.29) is 11.7 Å². The number of methoxy groups -OCH3 is 1. The third kappa shape index (κ3) is 4.79. The third-order valence-electron chi connectivity index (χ3n) is 3.92. The van der Waals surface area contributed by atoms with Gasteiger partial charge in [-0.2, -0.15) is 0 Å². The van der Waals surface area contributed by atoms with E-state index in [4.69, 9.17) is 27.9 Å². The van der Waals surface area contributed by atoms with Gasteiger partial charge in [0.25, 0.3) is 0 Å². The standard InChI is InChI=1S/C19H18Cl2N4O2S/c1-3-25-18(12-4-7-14(27-2)8-5-12)23-24-19(25)28-11-17(26)22-13-6-9-15(20)16(21)10-13/h4-10H,3,11H2,1-2H3,(H,22,26). The first-order chi connectivity index (χ1) is 13.5. The lowest BCUT2D eigenvalue weighted by Crippen LogP contribution is -2.14. The summed E-state index contributed by atoms with van der Waals surface area (Å²) in [4.78, 5) is 12.2. The molecule has 6 nitrogen and oxygen atoms in total. The van der Waals surface area contributed by atoms with Gasteiger partial charge in [0.2, 0.25) is 5.91 Å². The largest absolute Gasteiger partial charge is 0.497 e. The molecule has 0 saturated carbocycles. The van der Waals surface area contributed by atoms with E-state index < -0.39 is 0 Å². The molecule has 0 atom stereocenters. The van der Waals surface area contributed by atoms with Gasteiger partial charge in [-0.3, -0.25) is 4.79 Å². The fourth-order valence-electron chi connectivity index (χ4n) is 2.54. The van der Waals surface area contributed by atoms with Gasteiger partial charge in [-0.1, -0.05) is 35.0 Å². The van der Waals surface area contributed by atoms with Crippen LogP contribution in [0.5, 0.6) is 5.75 Å². The minimum Gasteiger partial charge on any atom is -0.497 e. The number of ether oxygens (including phenoxy) is 1. The molecule has 0 radical (unpaired) electrons. The molecule has 0 unspecified atom stereocenters. The van der Waals surface area contributed by atoms with E-state index in [1.54, 1.807) is 25.3 Å². The number of carbonyl (C=O) groups excluding carboxylic acids is 1. The van der Waals surface area contributed by atoms with Gasteiger partial charge >= 0.3 is 0 Å². The van der Waals surface area contributed by atoms with Crippen molar-refractivity contribution >= 4 is 46.6 Å².